The number of rotatable bonds is 3. The standard InChI is InChI=1S/C17H18BrN5O/c1-2-22-17(24)10-7-6-8(16(20)21)12-13(19)9-4-3-5-11(18)14(9)23-15(10)12/h3-7,16H,2,20-21H2,1H3,(H2,19,23)(H,22,24). The molecular formula is C17H18BrN5O. The van der Waals surface area contributed by atoms with Crippen LogP contribution in [0.4, 0.5) is 5.69 Å². The number of nitrogens with two attached hydrogens (primary N) is 3. The molecule has 0 saturated heterocycles. The van der Waals surface area contributed by atoms with E-state index in [0.29, 0.717) is 39.8 Å². The Morgan fingerprint density at radius 2 is 2.00 bits per heavy atom. The molecule has 124 valence electrons. The third-order valence-electron chi connectivity index (χ3n) is 3.92. The van der Waals surface area contributed by atoms with Crippen molar-refractivity contribution in [3.8, 4) is 0 Å². The fourth-order valence-corrected chi connectivity index (χ4v) is 3.27. The lowest BCUT2D eigenvalue weighted by Gasteiger charge is -2.16. The van der Waals surface area contributed by atoms with Crippen molar-refractivity contribution in [3.63, 3.8) is 0 Å². The third kappa shape index (κ3) is 2.60. The summed E-state index contributed by atoms with van der Waals surface area (Å²) in [6, 6.07) is 9.06. The molecule has 7 heteroatoms. The second kappa shape index (κ2) is 6.35. The number of aromatic nitrogens is 1. The van der Waals surface area contributed by atoms with Crippen molar-refractivity contribution in [1.29, 1.82) is 0 Å². The van der Waals surface area contributed by atoms with Crippen molar-refractivity contribution in [2.24, 2.45) is 11.5 Å². The van der Waals surface area contributed by atoms with Crippen LogP contribution in [-0.2, 0) is 0 Å². The average Bonchev–Trinajstić information content (AvgIpc) is 2.55. The highest BCUT2D eigenvalue weighted by Crippen LogP contribution is 2.36. The SMILES string of the molecule is CCNC(=O)c1ccc(C(N)N)c2c(N)c3cccc(Br)c3nc12. The van der Waals surface area contributed by atoms with Gasteiger partial charge in [0.15, 0.2) is 0 Å². The van der Waals surface area contributed by atoms with E-state index >= 15 is 0 Å². The van der Waals surface area contributed by atoms with Crippen LogP contribution in [0.3, 0.4) is 0 Å². The van der Waals surface area contributed by atoms with E-state index < -0.39 is 6.17 Å². The molecule has 0 spiro atoms. The molecule has 3 aromatic rings. The van der Waals surface area contributed by atoms with E-state index in [2.05, 4.69) is 26.2 Å². The first-order valence-corrected chi connectivity index (χ1v) is 8.34. The number of nitrogens with one attached hydrogen (secondary N) is 1. The van der Waals surface area contributed by atoms with Crippen molar-refractivity contribution in [2.75, 3.05) is 12.3 Å². The number of anilines is 1. The van der Waals surface area contributed by atoms with Gasteiger partial charge in [-0.05, 0) is 40.5 Å². The van der Waals surface area contributed by atoms with Gasteiger partial charge in [-0.25, -0.2) is 4.98 Å². The molecule has 0 aliphatic heterocycles. The van der Waals surface area contributed by atoms with Gasteiger partial charge >= 0.3 is 0 Å². The predicted molar refractivity (Wildman–Crippen MR) is 100 cm³/mol. The van der Waals surface area contributed by atoms with Crippen molar-refractivity contribution in [2.45, 2.75) is 13.1 Å². The number of nitrogens with zero attached hydrogens (tertiary/aromatic N) is 1. The Hall–Kier alpha value is -2.22. The molecule has 7 N–H and O–H groups in total. The summed E-state index contributed by atoms with van der Waals surface area (Å²) in [5.74, 6) is -0.210. The number of hydrogen-bond acceptors (Lipinski definition) is 5. The zero-order chi connectivity index (χ0) is 17.4. The van der Waals surface area contributed by atoms with Gasteiger partial charge in [0, 0.05) is 21.8 Å². The lowest BCUT2D eigenvalue weighted by Crippen LogP contribution is -2.25. The molecule has 0 fully saturated rings. The van der Waals surface area contributed by atoms with Gasteiger partial charge in [-0.15, -0.1) is 0 Å². The molecule has 6 nitrogen and oxygen atoms in total. The molecule has 1 aromatic heterocycles. The molecule has 3 rings (SSSR count). The number of amides is 1. The van der Waals surface area contributed by atoms with Gasteiger partial charge in [0.05, 0.1) is 28.5 Å². The molecule has 0 unspecified atom stereocenters. The average molecular weight is 388 g/mol. The molecule has 0 atom stereocenters. The van der Waals surface area contributed by atoms with Crippen LogP contribution < -0.4 is 22.5 Å². The number of carbonyl (C=O) groups is 1. The molecule has 0 radical (unpaired) electrons. The summed E-state index contributed by atoms with van der Waals surface area (Å²) < 4.78 is 0.804. The van der Waals surface area contributed by atoms with Crippen molar-refractivity contribution in [3.05, 3.63) is 45.9 Å². The second-order valence-electron chi connectivity index (χ2n) is 5.47. The van der Waals surface area contributed by atoms with Gasteiger partial charge in [0.25, 0.3) is 5.91 Å². The van der Waals surface area contributed by atoms with Crippen LogP contribution >= 0.6 is 15.9 Å². The fourth-order valence-electron chi connectivity index (χ4n) is 2.82. The minimum absolute atomic E-state index is 0.210. The topological polar surface area (TPSA) is 120 Å². The van der Waals surface area contributed by atoms with Gasteiger partial charge in [-0.3, -0.25) is 4.79 Å². The summed E-state index contributed by atoms with van der Waals surface area (Å²) in [7, 11) is 0. The number of carbonyl (C=O) groups excluding carboxylic acids is 1. The lowest BCUT2D eigenvalue weighted by molar-refractivity contribution is 0.0957. The van der Waals surface area contributed by atoms with E-state index in [1.54, 1.807) is 12.1 Å². The highest BCUT2D eigenvalue weighted by atomic mass is 79.9. The Balaban J connectivity index is 2.49. The van der Waals surface area contributed by atoms with Gasteiger partial charge in [-0.2, -0.15) is 0 Å². The van der Waals surface area contributed by atoms with Crippen LogP contribution in [0.1, 0.15) is 29.0 Å². The predicted octanol–water partition coefficient (Wildman–Crippen LogP) is 2.40. The molecule has 2 aromatic carbocycles. The van der Waals surface area contributed by atoms with E-state index in [1.807, 2.05) is 25.1 Å². The first-order chi connectivity index (χ1) is 11.5. The van der Waals surface area contributed by atoms with Gasteiger partial charge in [0.1, 0.15) is 0 Å². The number of pyridine rings is 1. The highest BCUT2D eigenvalue weighted by Gasteiger charge is 2.19. The zero-order valence-corrected chi connectivity index (χ0v) is 14.7. The monoisotopic (exact) mass is 387 g/mol. The Kier molecular flexibility index (Phi) is 4.40. The number of halogens is 1. The van der Waals surface area contributed by atoms with Gasteiger partial charge in [-0.1, -0.05) is 18.2 Å². The summed E-state index contributed by atoms with van der Waals surface area (Å²) in [6.07, 6.45) is -0.718. The molecule has 1 heterocycles. The Morgan fingerprint density at radius 3 is 2.67 bits per heavy atom. The van der Waals surface area contributed by atoms with Crippen LogP contribution in [0.5, 0.6) is 0 Å². The largest absolute Gasteiger partial charge is 0.398 e. The van der Waals surface area contributed by atoms with E-state index in [0.717, 1.165) is 9.86 Å². The summed E-state index contributed by atoms with van der Waals surface area (Å²) in [5, 5.41) is 4.20. The van der Waals surface area contributed by atoms with E-state index in [-0.39, 0.29) is 5.91 Å². The van der Waals surface area contributed by atoms with Crippen LogP contribution in [-0.4, -0.2) is 17.4 Å². The normalized spacial score (nSPS) is 11.4. The van der Waals surface area contributed by atoms with E-state index in [4.69, 9.17) is 17.2 Å². The molecule has 1 amide bonds. The Labute approximate surface area is 147 Å². The molecule has 24 heavy (non-hydrogen) atoms. The summed E-state index contributed by atoms with van der Waals surface area (Å²) >= 11 is 3.49. The zero-order valence-electron chi connectivity index (χ0n) is 13.1. The molecular weight excluding hydrogens is 370 g/mol. The maximum absolute atomic E-state index is 12.4. The van der Waals surface area contributed by atoms with Crippen LogP contribution in [0.2, 0.25) is 0 Å². The number of nitrogen functional groups attached to an aromatic ring is 1. The van der Waals surface area contributed by atoms with Crippen LogP contribution in [0.15, 0.2) is 34.8 Å². The second-order valence-corrected chi connectivity index (χ2v) is 6.33. The highest BCUT2D eigenvalue weighted by molar-refractivity contribution is 9.10. The smallest absolute Gasteiger partial charge is 0.253 e. The maximum Gasteiger partial charge on any atom is 0.253 e. The van der Waals surface area contributed by atoms with E-state index in [9.17, 15) is 4.79 Å². The van der Waals surface area contributed by atoms with Crippen molar-refractivity contribution in [1.82, 2.24) is 10.3 Å². The minimum atomic E-state index is -0.718. The Bertz CT molecular complexity index is 955. The summed E-state index contributed by atoms with van der Waals surface area (Å²) in [5.41, 5.74) is 21.0. The quantitative estimate of drug-likeness (QED) is 0.406. The first kappa shape index (κ1) is 16.6. The molecule has 0 bridgehead atoms. The van der Waals surface area contributed by atoms with Crippen LogP contribution in [0, 0.1) is 0 Å². The van der Waals surface area contributed by atoms with Crippen molar-refractivity contribution >= 4 is 49.3 Å². The number of hydrogen-bond donors (Lipinski definition) is 4. The summed E-state index contributed by atoms with van der Waals surface area (Å²) in [6.45, 7) is 2.38. The molecule has 0 saturated carbocycles. The lowest BCUT2D eigenvalue weighted by atomic mass is 9.98. The van der Waals surface area contributed by atoms with E-state index in [1.165, 1.54) is 0 Å². The van der Waals surface area contributed by atoms with Crippen LogP contribution in [0.25, 0.3) is 21.8 Å². The van der Waals surface area contributed by atoms with Gasteiger partial charge in [0.2, 0.25) is 0 Å². The third-order valence-corrected chi connectivity index (χ3v) is 4.56. The molecule has 0 aliphatic rings. The first-order valence-electron chi connectivity index (χ1n) is 7.55. The number of fused-ring (bicyclic) bond motifs is 2. The molecule has 0 aliphatic carbocycles. The fraction of sp³-hybridized carbons (Fsp3) is 0.176. The summed E-state index contributed by atoms with van der Waals surface area (Å²) in [4.78, 5) is 17.1. The minimum Gasteiger partial charge on any atom is -0.398 e. The number of para-hydroxylation sites is 1. The maximum atomic E-state index is 12.4. The number of benzene rings is 2. The van der Waals surface area contributed by atoms with Gasteiger partial charge < -0.3 is 22.5 Å². The Morgan fingerprint density at radius 1 is 1.25 bits per heavy atom. The van der Waals surface area contributed by atoms with Crippen molar-refractivity contribution < 1.29 is 4.79 Å².